The van der Waals surface area contributed by atoms with Gasteiger partial charge < -0.3 is 10.1 Å². The second-order valence-electron chi connectivity index (χ2n) is 5.79. The highest BCUT2D eigenvalue weighted by Gasteiger charge is 2.21. The molecule has 11 heteroatoms. The smallest absolute Gasteiger partial charge is 0.357 e. The number of nitrogens with zero attached hydrogens (tertiary/aromatic N) is 5. The number of thiazole rings is 1. The fourth-order valence-corrected chi connectivity index (χ4v) is 4.19. The minimum absolute atomic E-state index is 0.168. The fourth-order valence-electron chi connectivity index (χ4n) is 2.75. The van der Waals surface area contributed by atoms with Crippen LogP contribution in [0.1, 0.15) is 55.6 Å². The highest BCUT2D eigenvalue weighted by atomic mass is 32.2. The summed E-state index contributed by atoms with van der Waals surface area (Å²) in [5, 5.41) is 17.1. The molecule has 0 aliphatic heterocycles. The standard InChI is InChI=1S/C15H20N6O3S2/c1-2-24-13(23)11-8-25-14(16-11)17-12(22)9-26-15-18-19-20-21(15)10-6-4-3-5-7-10/h8,10H,2-7,9H2,1H3,(H,16,17,22). The largest absolute Gasteiger partial charge is 0.461 e. The van der Waals surface area contributed by atoms with Gasteiger partial charge in [-0.1, -0.05) is 31.0 Å². The normalized spacial score (nSPS) is 15.0. The summed E-state index contributed by atoms with van der Waals surface area (Å²) in [5.41, 5.74) is 0.195. The molecule has 1 saturated carbocycles. The molecule has 2 aromatic heterocycles. The number of carbonyl (C=O) groups excluding carboxylic acids is 2. The Morgan fingerprint density at radius 1 is 1.38 bits per heavy atom. The summed E-state index contributed by atoms with van der Waals surface area (Å²) in [6.07, 6.45) is 5.76. The summed E-state index contributed by atoms with van der Waals surface area (Å²) in [5.74, 6) is -0.551. The molecule has 1 N–H and O–H groups in total. The van der Waals surface area contributed by atoms with E-state index in [1.807, 2.05) is 4.68 Å². The third kappa shape index (κ3) is 4.79. The van der Waals surface area contributed by atoms with E-state index in [1.165, 1.54) is 42.4 Å². The molecule has 140 valence electrons. The summed E-state index contributed by atoms with van der Waals surface area (Å²) in [4.78, 5) is 27.8. The molecule has 9 nitrogen and oxygen atoms in total. The van der Waals surface area contributed by atoms with Crippen molar-refractivity contribution in [2.24, 2.45) is 0 Å². The van der Waals surface area contributed by atoms with Gasteiger partial charge in [0, 0.05) is 5.38 Å². The van der Waals surface area contributed by atoms with Crippen molar-refractivity contribution in [1.29, 1.82) is 0 Å². The van der Waals surface area contributed by atoms with Crippen LogP contribution in [0.2, 0.25) is 0 Å². The maximum absolute atomic E-state index is 12.1. The number of aromatic nitrogens is 5. The first-order chi connectivity index (χ1) is 12.7. The topological polar surface area (TPSA) is 112 Å². The molecular weight excluding hydrogens is 376 g/mol. The number of ether oxygens (including phenoxy) is 1. The average Bonchev–Trinajstić information content (AvgIpc) is 3.30. The molecule has 1 amide bonds. The van der Waals surface area contributed by atoms with E-state index in [0.29, 0.717) is 16.3 Å². The van der Waals surface area contributed by atoms with Gasteiger partial charge in [0.05, 0.1) is 18.4 Å². The van der Waals surface area contributed by atoms with Crippen molar-refractivity contribution in [3.05, 3.63) is 11.1 Å². The minimum atomic E-state index is -0.495. The summed E-state index contributed by atoms with van der Waals surface area (Å²) < 4.78 is 6.71. The first kappa shape index (κ1) is 18.8. The monoisotopic (exact) mass is 396 g/mol. The minimum Gasteiger partial charge on any atom is -0.461 e. The molecule has 0 aromatic carbocycles. The van der Waals surface area contributed by atoms with Crippen molar-refractivity contribution in [3.63, 3.8) is 0 Å². The average molecular weight is 396 g/mol. The van der Waals surface area contributed by atoms with Gasteiger partial charge in [0.15, 0.2) is 10.8 Å². The molecule has 0 atom stereocenters. The van der Waals surface area contributed by atoms with Crippen molar-refractivity contribution in [1.82, 2.24) is 25.2 Å². The van der Waals surface area contributed by atoms with Crippen LogP contribution in [0.25, 0.3) is 0 Å². The quantitative estimate of drug-likeness (QED) is 0.561. The van der Waals surface area contributed by atoms with Gasteiger partial charge >= 0.3 is 5.97 Å². The SMILES string of the molecule is CCOC(=O)c1csc(NC(=O)CSc2nnnn2C2CCCCC2)n1. The van der Waals surface area contributed by atoms with Gasteiger partial charge in [-0.2, -0.15) is 0 Å². The molecule has 0 radical (unpaired) electrons. The first-order valence-electron chi connectivity index (χ1n) is 8.50. The lowest BCUT2D eigenvalue weighted by Gasteiger charge is -2.21. The first-order valence-corrected chi connectivity index (χ1v) is 10.4. The number of thioether (sulfide) groups is 1. The van der Waals surface area contributed by atoms with Crippen LogP contribution in [0.4, 0.5) is 5.13 Å². The molecule has 0 unspecified atom stereocenters. The van der Waals surface area contributed by atoms with E-state index in [2.05, 4.69) is 25.8 Å². The Balaban J connectivity index is 1.52. The zero-order valence-electron chi connectivity index (χ0n) is 14.4. The second kappa shape index (κ2) is 9.08. The van der Waals surface area contributed by atoms with Crippen LogP contribution in [0, 0.1) is 0 Å². The van der Waals surface area contributed by atoms with E-state index >= 15 is 0 Å². The molecule has 3 rings (SSSR count). The van der Waals surface area contributed by atoms with E-state index in [1.54, 1.807) is 12.3 Å². The number of esters is 1. The number of hydrogen-bond acceptors (Lipinski definition) is 9. The zero-order chi connectivity index (χ0) is 18.4. The summed E-state index contributed by atoms with van der Waals surface area (Å²) in [6, 6.07) is 0.315. The van der Waals surface area contributed by atoms with Crippen LogP contribution >= 0.6 is 23.1 Å². The van der Waals surface area contributed by atoms with Crippen molar-refractivity contribution in [3.8, 4) is 0 Å². The molecule has 1 aliphatic carbocycles. The van der Waals surface area contributed by atoms with Crippen LogP contribution in [0.5, 0.6) is 0 Å². The highest BCUT2D eigenvalue weighted by Crippen LogP contribution is 2.30. The van der Waals surface area contributed by atoms with Crippen molar-refractivity contribution in [2.75, 3.05) is 17.7 Å². The molecule has 2 aromatic rings. The molecule has 1 fully saturated rings. The predicted molar refractivity (Wildman–Crippen MR) is 97.4 cm³/mol. The Kier molecular flexibility index (Phi) is 6.56. The predicted octanol–water partition coefficient (Wildman–Crippen LogP) is 2.54. The van der Waals surface area contributed by atoms with Crippen molar-refractivity contribution >= 4 is 40.1 Å². The Labute approximate surface area is 158 Å². The van der Waals surface area contributed by atoms with Crippen LogP contribution in [-0.2, 0) is 9.53 Å². The maximum atomic E-state index is 12.1. The number of rotatable bonds is 7. The van der Waals surface area contributed by atoms with Gasteiger partial charge in [0.1, 0.15) is 0 Å². The molecular formula is C15H20N6O3S2. The third-order valence-corrected chi connectivity index (χ3v) is 5.64. The van der Waals surface area contributed by atoms with Gasteiger partial charge in [-0.05, 0) is 30.2 Å². The number of nitrogens with one attached hydrogen (secondary N) is 1. The van der Waals surface area contributed by atoms with E-state index in [9.17, 15) is 9.59 Å². The summed E-state index contributed by atoms with van der Waals surface area (Å²) in [6.45, 7) is 2.01. The Morgan fingerprint density at radius 2 is 2.19 bits per heavy atom. The van der Waals surface area contributed by atoms with Crippen LogP contribution in [0.3, 0.4) is 0 Å². The van der Waals surface area contributed by atoms with E-state index in [-0.39, 0.29) is 24.0 Å². The molecule has 0 bridgehead atoms. The summed E-state index contributed by atoms with van der Waals surface area (Å²) in [7, 11) is 0. The molecule has 26 heavy (non-hydrogen) atoms. The third-order valence-electron chi connectivity index (χ3n) is 3.95. The number of amides is 1. The lowest BCUT2D eigenvalue weighted by Crippen LogP contribution is -2.17. The number of anilines is 1. The van der Waals surface area contributed by atoms with Gasteiger partial charge in [-0.15, -0.1) is 16.4 Å². The molecule has 0 saturated heterocycles. The summed E-state index contributed by atoms with van der Waals surface area (Å²) >= 11 is 2.48. The van der Waals surface area contributed by atoms with Gasteiger partial charge in [0.2, 0.25) is 11.1 Å². The highest BCUT2D eigenvalue weighted by molar-refractivity contribution is 7.99. The Bertz CT molecular complexity index is 756. The molecule has 2 heterocycles. The maximum Gasteiger partial charge on any atom is 0.357 e. The number of tetrazole rings is 1. The molecule has 1 aliphatic rings. The lowest BCUT2D eigenvalue weighted by molar-refractivity contribution is -0.113. The van der Waals surface area contributed by atoms with Gasteiger partial charge in [0.25, 0.3) is 0 Å². The fraction of sp³-hybridized carbons (Fsp3) is 0.600. The van der Waals surface area contributed by atoms with Crippen LogP contribution in [-0.4, -0.2) is 49.4 Å². The number of carbonyl (C=O) groups is 2. The Morgan fingerprint density at radius 3 is 2.96 bits per heavy atom. The van der Waals surface area contributed by atoms with Crippen molar-refractivity contribution in [2.45, 2.75) is 50.2 Å². The number of hydrogen-bond donors (Lipinski definition) is 1. The second-order valence-corrected chi connectivity index (χ2v) is 7.59. The van der Waals surface area contributed by atoms with Crippen molar-refractivity contribution < 1.29 is 14.3 Å². The van der Waals surface area contributed by atoms with E-state index in [4.69, 9.17) is 4.74 Å². The van der Waals surface area contributed by atoms with Crippen LogP contribution in [0.15, 0.2) is 10.5 Å². The zero-order valence-corrected chi connectivity index (χ0v) is 16.0. The lowest BCUT2D eigenvalue weighted by atomic mass is 9.96. The van der Waals surface area contributed by atoms with E-state index < -0.39 is 5.97 Å². The molecule has 0 spiro atoms. The van der Waals surface area contributed by atoms with E-state index in [0.717, 1.165) is 12.8 Å². The van der Waals surface area contributed by atoms with Gasteiger partial charge in [-0.25, -0.2) is 14.5 Å². The Hall–Kier alpha value is -2.01. The van der Waals surface area contributed by atoms with Crippen LogP contribution < -0.4 is 5.32 Å². The van der Waals surface area contributed by atoms with Gasteiger partial charge in [-0.3, -0.25) is 4.79 Å².